The van der Waals surface area contributed by atoms with Gasteiger partial charge < -0.3 is 9.80 Å². The van der Waals surface area contributed by atoms with Crippen molar-refractivity contribution in [2.45, 2.75) is 6.18 Å². The summed E-state index contributed by atoms with van der Waals surface area (Å²) in [5.41, 5.74) is -2.15. The molecule has 0 atom stereocenters. The number of rotatable bonds is 3. The van der Waals surface area contributed by atoms with Crippen molar-refractivity contribution in [2.75, 3.05) is 31.1 Å². The molecule has 0 unspecified atom stereocenters. The van der Waals surface area contributed by atoms with Gasteiger partial charge in [0.2, 0.25) is 5.95 Å². The quantitative estimate of drug-likeness (QED) is 0.604. The molecule has 3 heterocycles. The Morgan fingerprint density at radius 1 is 0.967 bits per heavy atom. The molecule has 1 saturated heterocycles. The first-order valence-electron chi connectivity index (χ1n) is 8.94. The number of alkyl halides is 3. The smallest absolute Gasteiger partial charge is 0.337 e. The Labute approximate surface area is 167 Å². The summed E-state index contributed by atoms with van der Waals surface area (Å²) in [5, 5.41) is 7.01. The van der Waals surface area contributed by atoms with E-state index < -0.39 is 29.3 Å². The molecule has 2 aromatic heterocycles. The van der Waals surface area contributed by atoms with E-state index in [2.05, 4.69) is 20.3 Å². The van der Waals surface area contributed by atoms with Crippen LogP contribution in [0.2, 0.25) is 0 Å². The fraction of sp³-hybridized carbons (Fsp3) is 0.278. The molecule has 156 valence electrons. The normalized spacial score (nSPS) is 14.8. The van der Waals surface area contributed by atoms with E-state index in [1.54, 1.807) is 18.5 Å². The number of carbonyl (C=O) groups is 1. The molecular weight excluding hydrogens is 406 g/mol. The van der Waals surface area contributed by atoms with Crippen molar-refractivity contribution in [1.82, 2.24) is 29.9 Å². The van der Waals surface area contributed by atoms with Crippen LogP contribution in [0, 0.1) is 5.82 Å². The maximum Gasteiger partial charge on any atom is 0.435 e. The zero-order valence-electron chi connectivity index (χ0n) is 15.4. The average Bonchev–Trinajstić information content (AvgIpc) is 3.20. The van der Waals surface area contributed by atoms with Crippen LogP contribution in [0.5, 0.6) is 0 Å². The molecular formula is C18H15F4N7O. The van der Waals surface area contributed by atoms with Gasteiger partial charge in [-0.3, -0.25) is 4.79 Å². The molecule has 3 aromatic rings. The number of benzene rings is 1. The number of hydrogen-bond donors (Lipinski definition) is 0. The van der Waals surface area contributed by atoms with Gasteiger partial charge in [-0.1, -0.05) is 5.21 Å². The van der Waals surface area contributed by atoms with Crippen LogP contribution in [0.4, 0.5) is 23.5 Å². The lowest BCUT2D eigenvalue weighted by Gasteiger charge is -2.34. The number of anilines is 1. The number of hydrogen-bond acceptors (Lipinski definition) is 6. The molecule has 4 rings (SSSR count). The Morgan fingerprint density at radius 2 is 1.60 bits per heavy atom. The minimum Gasteiger partial charge on any atom is -0.337 e. The van der Waals surface area contributed by atoms with Gasteiger partial charge in [-0.05, 0) is 30.3 Å². The van der Waals surface area contributed by atoms with Crippen LogP contribution < -0.4 is 4.90 Å². The lowest BCUT2D eigenvalue weighted by atomic mass is 10.2. The second kappa shape index (κ2) is 7.69. The first-order valence-corrected chi connectivity index (χ1v) is 8.94. The fourth-order valence-corrected chi connectivity index (χ4v) is 3.16. The second-order valence-corrected chi connectivity index (χ2v) is 6.50. The third-order valence-corrected chi connectivity index (χ3v) is 4.61. The molecule has 1 aliphatic rings. The molecule has 12 heteroatoms. The summed E-state index contributed by atoms with van der Waals surface area (Å²) < 4.78 is 54.9. The van der Waals surface area contributed by atoms with E-state index in [1.807, 2.05) is 4.90 Å². The predicted molar refractivity (Wildman–Crippen MR) is 96.5 cm³/mol. The topological polar surface area (TPSA) is 80.0 Å². The summed E-state index contributed by atoms with van der Waals surface area (Å²) in [6.45, 7) is 1.09. The van der Waals surface area contributed by atoms with Crippen molar-refractivity contribution in [2.24, 2.45) is 0 Å². The van der Waals surface area contributed by atoms with E-state index in [-0.39, 0.29) is 18.8 Å². The average molecular weight is 421 g/mol. The number of piperazine rings is 1. The molecule has 30 heavy (non-hydrogen) atoms. The number of aromatic nitrogens is 5. The highest BCUT2D eigenvalue weighted by Crippen LogP contribution is 2.33. The molecule has 8 nitrogen and oxygen atoms in total. The Bertz CT molecular complexity index is 1030. The molecule has 0 radical (unpaired) electrons. The Balaban J connectivity index is 1.58. The second-order valence-electron chi connectivity index (χ2n) is 6.50. The van der Waals surface area contributed by atoms with E-state index in [4.69, 9.17) is 0 Å². The fourth-order valence-electron chi connectivity index (χ4n) is 3.16. The standard InChI is InChI=1S/C18H15F4N7O/c19-12-2-4-13(5-3-12)29-15(18(20,21)22)14(25-26-29)16(30)27-8-10-28(11-9-27)17-23-6-1-7-24-17/h1-7H,8-11H2. The number of amides is 1. The first kappa shape index (κ1) is 19.7. The molecule has 1 fully saturated rings. The maximum atomic E-state index is 13.7. The van der Waals surface area contributed by atoms with Crippen molar-refractivity contribution in [3.63, 3.8) is 0 Å². The molecule has 0 saturated carbocycles. The lowest BCUT2D eigenvalue weighted by molar-refractivity contribution is -0.143. The molecule has 1 aliphatic heterocycles. The summed E-state index contributed by atoms with van der Waals surface area (Å²) in [6.07, 6.45) is -1.71. The molecule has 0 spiro atoms. The van der Waals surface area contributed by atoms with Gasteiger partial charge in [-0.15, -0.1) is 5.10 Å². The van der Waals surface area contributed by atoms with Gasteiger partial charge in [0, 0.05) is 38.6 Å². The van der Waals surface area contributed by atoms with Crippen molar-refractivity contribution in [3.8, 4) is 5.69 Å². The SMILES string of the molecule is O=C(c1nnn(-c2ccc(F)cc2)c1C(F)(F)F)N1CCN(c2ncccn2)CC1. The Hall–Kier alpha value is -3.57. The van der Waals surface area contributed by atoms with Crippen LogP contribution in [0.15, 0.2) is 42.7 Å². The number of carbonyl (C=O) groups excluding carboxylic acids is 1. The van der Waals surface area contributed by atoms with Crippen LogP contribution in [0.3, 0.4) is 0 Å². The summed E-state index contributed by atoms with van der Waals surface area (Å²) >= 11 is 0. The van der Waals surface area contributed by atoms with E-state index >= 15 is 0 Å². The molecule has 0 bridgehead atoms. The van der Waals surface area contributed by atoms with Gasteiger partial charge in [0.1, 0.15) is 5.82 Å². The largest absolute Gasteiger partial charge is 0.435 e. The number of nitrogens with zero attached hydrogens (tertiary/aromatic N) is 7. The lowest BCUT2D eigenvalue weighted by Crippen LogP contribution is -2.49. The Kier molecular flexibility index (Phi) is 5.06. The van der Waals surface area contributed by atoms with E-state index in [0.717, 1.165) is 24.3 Å². The van der Waals surface area contributed by atoms with Gasteiger partial charge in [-0.2, -0.15) is 13.2 Å². The zero-order valence-corrected chi connectivity index (χ0v) is 15.4. The van der Waals surface area contributed by atoms with Crippen molar-refractivity contribution in [1.29, 1.82) is 0 Å². The molecule has 0 aliphatic carbocycles. The van der Waals surface area contributed by atoms with Crippen molar-refractivity contribution in [3.05, 3.63) is 59.9 Å². The highest BCUT2D eigenvalue weighted by molar-refractivity contribution is 5.93. The summed E-state index contributed by atoms with van der Waals surface area (Å²) in [5.74, 6) is -0.990. The van der Waals surface area contributed by atoms with Gasteiger partial charge >= 0.3 is 6.18 Å². The van der Waals surface area contributed by atoms with Crippen molar-refractivity contribution < 1.29 is 22.4 Å². The van der Waals surface area contributed by atoms with Crippen LogP contribution in [0.1, 0.15) is 16.2 Å². The third kappa shape index (κ3) is 3.80. The zero-order chi connectivity index (χ0) is 21.3. The minimum atomic E-state index is -4.89. The molecule has 1 aromatic carbocycles. The van der Waals surface area contributed by atoms with Crippen LogP contribution >= 0.6 is 0 Å². The number of halogens is 4. The summed E-state index contributed by atoms with van der Waals surface area (Å²) in [4.78, 5) is 24.2. The van der Waals surface area contributed by atoms with Crippen LogP contribution in [0.25, 0.3) is 5.69 Å². The third-order valence-electron chi connectivity index (χ3n) is 4.61. The molecule has 0 N–H and O–H groups in total. The van der Waals surface area contributed by atoms with Crippen molar-refractivity contribution >= 4 is 11.9 Å². The van der Waals surface area contributed by atoms with Crippen LogP contribution in [-0.4, -0.2) is 61.9 Å². The van der Waals surface area contributed by atoms with Gasteiger partial charge in [0.25, 0.3) is 5.91 Å². The maximum absolute atomic E-state index is 13.7. The minimum absolute atomic E-state index is 0.0543. The summed E-state index contributed by atoms with van der Waals surface area (Å²) in [7, 11) is 0. The monoisotopic (exact) mass is 421 g/mol. The molecule has 1 amide bonds. The first-order chi connectivity index (χ1) is 14.3. The van der Waals surface area contributed by atoms with Gasteiger partial charge in [0.15, 0.2) is 11.4 Å². The Morgan fingerprint density at radius 3 is 2.20 bits per heavy atom. The summed E-state index contributed by atoms with van der Waals surface area (Å²) in [6, 6.07) is 5.94. The van der Waals surface area contributed by atoms with E-state index in [9.17, 15) is 22.4 Å². The van der Waals surface area contributed by atoms with E-state index in [0.29, 0.717) is 23.7 Å². The van der Waals surface area contributed by atoms with Gasteiger partial charge in [-0.25, -0.2) is 19.0 Å². The highest BCUT2D eigenvalue weighted by Gasteiger charge is 2.43. The predicted octanol–water partition coefficient (Wildman–Crippen LogP) is 2.18. The van der Waals surface area contributed by atoms with Crippen LogP contribution in [-0.2, 0) is 6.18 Å². The van der Waals surface area contributed by atoms with Gasteiger partial charge in [0.05, 0.1) is 5.69 Å². The highest BCUT2D eigenvalue weighted by atomic mass is 19.4. The van der Waals surface area contributed by atoms with E-state index in [1.165, 1.54) is 4.90 Å².